The largest absolute Gasteiger partial charge is 0.390 e. The van der Waals surface area contributed by atoms with Gasteiger partial charge in [0, 0.05) is 24.0 Å². The van der Waals surface area contributed by atoms with Crippen LogP contribution in [0.5, 0.6) is 0 Å². The Morgan fingerprint density at radius 2 is 0.980 bits per heavy atom. The lowest BCUT2D eigenvalue weighted by Gasteiger charge is -2.32. The third-order valence-electron chi connectivity index (χ3n) is 9.24. The van der Waals surface area contributed by atoms with Crippen LogP contribution in [0.25, 0.3) is 0 Å². The Hall–Kier alpha value is -4.56. The van der Waals surface area contributed by atoms with Crippen molar-refractivity contribution in [2.75, 3.05) is 0 Å². The van der Waals surface area contributed by atoms with Crippen LogP contribution in [0.1, 0.15) is 45.5 Å². The first-order chi connectivity index (χ1) is 24.1. The lowest BCUT2D eigenvalue weighted by atomic mass is 9.99. The summed E-state index contributed by atoms with van der Waals surface area (Å²) >= 11 is 0. The lowest BCUT2D eigenvalue weighted by molar-refractivity contribution is -0.171. The molecule has 12 heteroatoms. The maximum absolute atomic E-state index is 14.6. The number of nitrogens with one attached hydrogen (secondary N) is 2. The number of aliphatic hydroxyl groups excluding tert-OH is 4. The number of rotatable bonds is 13. The van der Waals surface area contributed by atoms with Crippen molar-refractivity contribution in [1.29, 1.82) is 0 Å². The summed E-state index contributed by atoms with van der Waals surface area (Å²) in [6.07, 6.45) is -9.63. The zero-order valence-electron chi connectivity index (χ0n) is 26.9. The number of carbonyl (C=O) groups excluding carboxylic acids is 2. The summed E-state index contributed by atoms with van der Waals surface area (Å²) in [6.45, 7) is -1.01. The quantitative estimate of drug-likeness (QED) is 0.125. The van der Waals surface area contributed by atoms with E-state index in [1.165, 1.54) is 36.4 Å². The van der Waals surface area contributed by atoms with Crippen LogP contribution in [-0.2, 0) is 45.1 Å². The van der Waals surface area contributed by atoms with Crippen molar-refractivity contribution in [2.24, 2.45) is 0 Å². The average molecular weight is 689 g/mol. The van der Waals surface area contributed by atoms with E-state index in [0.29, 0.717) is 11.1 Å². The van der Waals surface area contributed by atoms with E-state index in [0.717, 1.165) is 11.1 Å². The van der Waals surface area contributed by atoms with Gasteiger partial charge in [-0.1, -0.05) is 84.9 Å². The molecule has 8 atom stereocenters. The molecule has 0 fully saturated rings. The molecule has 0 spiro atoms. The molecule has 6 rings (SSSR count). The summed E-state index contributed by atoms with van der Waals surface area (Å²) in [5.41, 5.74) is 3.02. The van der Waals surface area contributed by atoms with Crippen LogP contribution in [0.2, 0.25) is 0 Å². The minimum absolute atomic E-state index is 0.0530. The van der Waals surface area contributed by atoms with Crippen LogP contribution in [0, 0.1) is 11.6 Å². The molecular formula is C38H38F2N2O8. The van der Waals surface area contributed by atoms with Gasteiger partial charge in [-0.15, -0.1) is 0 Å². The zero-order chi connectivity index (χ0) is 35.4. The van der Waals surface area contributed by atoms with Crippen LogP contribution < -0.4 is 10.6 Å². The smallest absolute Gasteiger partial charge is 0.252 e. The fourth-order valence-electron chi connectivity index (χ4n) is 6.57. The maximum atomic E-state index is 14.6. The van der Waals surface area contributed by atoms with Crippen molar-refractivity contribution in [3.63, 3.8) is 0 Å². The van der Waals surface area contributed by atoms with Crippen LogP contribution in [0.3, 0.4) is 0 Å². The van der Waals surface area contributed by atoms with E-state index in [4.69, 9.17) is 9.47 Å². The Labute approximate surface area is 287 Å². The Kier molecular flexibility index (Phi) is 11.0. The lowest BCUT2D eigenvalue weighted by Crippen LogP contribution is -2.57. The summed E-state index contributed by atoms with van der Waals surface area (Å²) in [4.78, 5) is 27.7. The predicted octanol–water partition coefficient (Wildman–Crippen LogP) is 2.71. The van der Waals surface area contributed by atoms with Gasteiger partial charge >= 0.3 is 0 Å². The topological polar surface area (TPSA) is 158 Å². The van der Waals surface area contributed by atoms with Gasteiger partial charge in [-0.3, -0.25) is 9.59 Å². The molecule has 262 valence electrons. The molecule has 10 nitrogen and oxygen atoms in total. The average Bonchev–Trinajstić information content (AvgIpc) is 3.60. The van der Waals surface area contributed by atoms with Gasteiger partial charge in [0.1, 0.15) is 23.8 Å². The van der Waals surface area contributed by atoms with Crippen LogP contribution >= 0.6 is 0 Å². The molecule has 0 saturated carbocycles. The molecule has 0 heterocycles. The first-order valence-electron chi connectivity index (χ1n) is 16.3. The summed E-state index contributed by atoms with van der Waals surface area (Å²) in [6, 6.07) is 23.7. The van der Waals surface area contributed by atoms with Gasteiger partial charge in [0.25, 0.3) is 11.8 Å². The molecular weight excluding hydrogens is 650 g/mol. The van der Waals surface area contributed by atoms with Gasteiger partial charge in [0.2, 0.25) is 0 Å². The van der Waals surface area contributed by atoms with Crippen molar-refractivity contribution >= 4 is 11.8 Å². The van der Waals surface area contributed by atoms with Crippen LogP contribution in [0.15, 0.2) is 97.1 Å². The number of halogens is 2. The SMILES string of the molecule is O=C(N[C@@H]1c2ccccc2C[C@H]1O)[C@@H](OCc1ccccc1F)[C@H](O)[C@@H](O)[C@H](OCc1ccccc1F)C(=O)N[C@@H]1c2ccccc2C[C@H]1O. The minimum Gasteiger partial charge on any atom is -0.390 e. The molecule has 0 aliphatic heterocycles. The number of hydrogen-bond acceptors (Lipinski definition) is 8. The molecule has 4 aromatic carbocycles. The van der Waals surface area contributed by atoms with Gasteiger partial charge < -0.3 is 40.5 Å². The highest BCUT2D eigenvalue weighted by molar-refractivity contribution is 5.84. The fourth-order valence-corrected chi connectivity index (χ4v) is 6.57. The molecule has 0 aromatic heterocycles. The number of ether oxygens (including phenoxy) is 2. The number of hydrogen-bond donors (Lipinski definition) is 6. The molecule has 0 saturated heterocycles. The highest BCUT2D eigenvalue weighted by Gasteiger charge is 2.44. The second-order valence-corrected chi connectivity index (χ2v) is 12.5. The monoisotopic (exact) mass is 688 g/mol. The molecule has 6 N–H and O–H groups in total. The van der Waals surface area contributed by atoms with Crippen molar-refractivity contribution < 1.29 is 48.3 Å². The van der Waals surface area contributed by atoms with Gasteiger partial charge in [0.05, 0.1) is 37.5 Å². The normalized spacial score (nSPS) is 21.8. The van der Waals surface area contributed by atoms with E-state index in [-0.39, 0.29) is 24.0 Å². The van der Waals surface area contributed by atoms with Crippen molar-refractivity contribution in [1.82, 2.24) is 10.6 Å². The van der Waals surface area contributed by atoms with E-state index >= 15 is 0 Å². The number of carbonyl (C=O) groups is 2. The van der Waals surface area contributed by atoms with Crippen LogP contribution in [-0.4, -0.2) is 68.9 Å². The standard InChI is InChI=1S/C38H38F2N2O8/c39-27-15-7-3-11-23(27)19-49-35(37(47)41-31-25-13-5-1-9-21(25)17-29(31)43)33(45)34(46)36(50-20-24-12-4-8-16-28(24)40)38(48)42-32-26-14-6-2-10-22(26)18-30(32)44/h1-16,29-36,43-46H,17-20H2,(H,41,47)(H,42,48)/t29-,30-,31-,32-,33-,34-,35+,36+/m1/s1. The van der Waals surface area contributed by atoms with Crippen molar-refractivity contribution in [3.8, 4) is 0 Å². The van der Waals surface area contributed by atoms with E-state index in [1.807, 2.05) is 12.1 Å². The Morgan fingerprint density at radius 1 is 0.620 bits per heavy atom. The zero-order valence-corrected chi connectivity index (χ0v) is 26.9. The fraction of sp³-hybridized carbons (Fsp3) is 0.316. The van der Waals surface area contributed by atoms with Gasteiger partial charge in [-0.2, -0.15) is 0 Å². The van der Waals surface area contributed by atoms with Gasteiger partial charge in [-0.05, 0) is 34.4 Å². The summed E-state index contributed by atoms with van der Waals surface area (Å²) in [7, 11) is 0. The highest BCUT2D eigenvalue weighted by atomic mass is 19.1. The third-order valence-corrected chi connectivity index (χ3v) is 9.24. The third kappa shape index (κ3) is 7.60. The number of fused-ring (bicyclic) bond motifs is 2. The molecule has 0 radical (unpaired) electrons. The molecule has 50 heavy (non-hydrogen) atoms. The highest BCUT2D eigenvalue weighted by Crippen LogP contribution is 2.33. The molecule has 2 amide bonds. The second kappa shape index (κ2) is 15.5. The molecule has 0 unspecified atom stereocenters. The molecule has 2 aliphatic rings. The predicted molar refractivity (Wildman–Crippen MR) is 176 cm³/mol. The van der Waals surface area contributed by atoms with Crippen molar-refractivity contribution in [2.45, 2.75) is 74.8 Å². The van der Waals surface area contributed by atoms with Crippen LogP contribution in [0.4, 0.5) is 8.78 Å². The van der Waals surface area contributed by atoms with E-state index in [9.17, 15) is 38.8 Å². The Bertz CT molecular complexity index is 1690. The minimum atomic E-state index is -2.16. The summed E-state index contributed by atoms with van der Waals surface area (Å²) in [5.74, 6) is -3.19. The van der Waals surface area contributed by atoms with Crippen molar-refractivity contribution in [3.05, 3.63) is 142 Å². The number of amides is 2. The van der Waals surface area contributed by atoms with E-state index in [2.05, 4.69) is 10.6 Å². The molecule has 4 aromatic rings. The Morgan fingerprint density at radius 3 is 1.38 bits per heavy atom. The molecule has 2 aliphatic carbocycles. The maximum Gasteiger partial charge on any atom is 0.252 e. The summed E-state index contributed by atoms with van der Waals surface area (Å²) < 4.78 is 40.6. The van der Waals surface area contributed by atoms with Gasteiger partial charge in [0.15, 0.2) is 12.2 Å². The second-order valence-electron chi connectivity index (χ2n) is 12.5. The Balaban J connectivity index is 1.27. The summed E-state index contributed by atoms with van der Waals surface area (Å²) in [5, 5.41) is 50.1. The van der Waals surface area contributed by atoms with E-state index in [1.54, 1.807) is 48.5 Å². The van der Waals surface area contributed by atoms with E-state index < -0.39 is 85.4 Å². The first-order valence-corrected chi connectivity index (χ1v) is 16.3. The van der Waals surface area contributed by atoms with Gasteiger partial charge in [-0.25, -0.2) is 8.78 Å². The first kappa shape index (κ1) is 35.3. The number of benzene rings is 4. The molecule has 0 bridgehead atoms. The number of aliphatic hydroxyl groups is 4.